The fourth-order valence-electron chi connectivity index (χ4n) is 4.65. The second-order valence-electron chi connectivity index (χ2n) is 9.53. The van der Waals surface area contributed by atoms with Gasteiger partial charge in [-0.25, -0.2) is 9.69 Å². The van der Waals surface area contributed by atoms with E-state index in [9.17, 15) is 19.2 Å². The average molecular weight is 484 g/mol. The van der Waals surface area contributed by atoms with Crippen molar-refractivity contribution in [2.45, 2.75) is 58.4 Å². The van der Waals surface area contributed by atoms with Crippen molar-refractivity contribution in [1.29, 1.82) is 0 Å². The summed E-state index contributed by atoms with van der Waals surface area (Å²) >= 11 is 0. The number of carbonyl (C=O) groups excluding carboxylic acids is 4. The van der Waals surface area contributed by atoms with E-state index in [4.69, 9.17) is 9.47 Å². The molecule has 0 saturated carbocycles. The van der Waals surface area contributed by atoms with Crippen molar-refractivity contribution in [2.75, 3.05) is 26.3 Å². The van der Waals surface area contributed by atoms with Crippen LogP contribution >= 0.6 is 0 Å². The lowest BCUT2D eigenvalue weighted by Gasteiger charge is -2.25. The van der Waals surface area contributed by atoms with E-state index in [1.165, 1.54) is 5.57 Å². The topological polar surface area (TPSA) is 105 Å². The highest BCUT2D eigenvalue weighted by Crippen LogP contribution is 2.34. The van der Waals surface area contributed by atoms with Crippen molar-refractivity contribution in [1.82, 2.24) is 15.1 Å². The van der Waals surface area contributed by atoms with E-state index < -0.39 is 30.3 Å². The number of rotatable bonds is 8. The number of nitrogens with one attached hydrogen (secondary N) is 1. The van der Waals surface area contributed by atoms with Crippen LogP contribution in [0.2, 0.25) is 0 Å². The minimum absolute atomic E-state index is 0.0237. The van der Waals surface area contributed by atoms with Gasteiger partial charge in [-0.15, -0.1) is 0 Å². The fraction of sp³-hybridized carbons (Fsp3) is 0.538. The van der Waals surface area contributed by atoms with E-state index in [1.807, 2.05) is 32.0 Å². The highest BCUT2D eigenvalue weighted by molar-refractivity contribution is 6.45. The van der Waals surface area contributed by atoms with Crippen LogP contribution < -0.4 is 14.8 Å². The number of urea groups is 1. The number of carbonyl (C=O) groups is 4. The Labute approximate surface area is 205 Å². The van der Waals surface area contributed by atoms with Gasteiger partial charge in [0.25, 0.3) is 0 Å². The van der Waals surface area contributed by atoms with Gasteiger partial charge in [-0.1, -0.05) is 31.6 Å². The predicted molar refractivity (Wildman–Crippen MR) is 128 cm³/mol. The van der Waals surface area contributed by atoms with Gasteiger partial charge in [0.2, 0.25) is 5.91 Å². The SMILES string of the molecule is CC(C)[C@H](NC(=O)CN1C(=O)C(=O)N(CCC2=CCCCC2)C1=O)c1ccc2c(c1)OCCCO2. The zero-order valence-corrected chi connectivity index (χ0v) is 20.4. The Kier molecular flexibility index (Phi) is 7.73. The van der Waals surface area contributed by atoms with Crippen LogP contribution in [0, 0.1) is 5.92 Å². The number of nitrogens with zero attached hydrogens (tertiary/aromatic N) is 2. The zero-order chi connectivity index (χ0) is 24.9. The molecule has 1 atom stereocenters. The molecule has 9 nitrogen and oxygen atoms in total. The smallest absolute Gasteiger partial charge is 0.334 e. The van der Waals surface area contributed by atoms with Crippen LogP contribution in [0.25, 0.3) is 0 Å². The first-order valence-electron chi connectivity index (χ1n) is 12.4. The van der Waals surface area contributed by atoms with E-state index in [1.54, 1.807) is 0 Å². The molecule has 0 spiro atoms. The van der Waals surface area contributed by atoms with Gasteiger partial charge in [0.1, 0.15) is 6.54 Å². The molecule has 0 unspecified atom stereocenters. The molecule has 4 rings (SSSR count). The quantitative estimate of drug-likeness (QED) is 0.345. The summed E-state index contributed by atoms with van der Waals surface area (Å²) < 4.78 is 11.4. The van der Waals surface area contributed by atoms with Gasteiger partial charge in [0, 0.05) is 13.0 Å². The Bertz CT molecular complexity index is 1030. The molecule has 1 N–H and O–H groups in total. The summed E-state index contributed by atoms with van der Waals surface area (Å²) in [6.07, 6.45) is 7.70. The summed E-state index contributed by atoms with van der Waals surface area (Å²) in [6.45, 7) is 4.71. The Morgan fingerprint density at radius 3 is 2.46 bits per heavy atom. The lowest BCUT2D eigenvalue weighted by atomic mass is 9.95. The molecule has 1 aromatic rings. The molecule has 1 aromatic carbocycles. The third kappa shape index (κ3) is 5.66. The monoisotopic (exact) mass is 483 g/mol. The molecule has 0 aromatic heterocycles. The Morgan fingerprint density at radius 1 is 1.00 bits per heavy atom. The number of fused-ring (bicyclic) bond motifs is 1. The zero-order valence-electron chi connectivity index (χ0n) is 20.4. The standard InChI is InChI=1S/C26H33N3O6/c1-17(2)23(19-9-10-20-21(15-19)35-14-6-13-34-20)27-22(30)16-29-25(32)24(31)28(26(29)33)12-11-18-7-4-3-5-8-18/h7,9-10,15,17,23H,3-6,8,11-14,16H2,1-2H3,(H,27,30)/t23-/m0/s1. The molecule has 188 valence electrons. The maximum Gasteiger partial charge on any atom is 0.334 e. The number of imide groups is 2. The third-order valence-electron chi connectivity index (χ3n) is 6.59. The average Bonchev–Trinajstić information content (AvgIpc) is 3.01. The summed E-state index contributed by atoms with van der Waals surface area (Å²) in [7, 11) is 0. The number of allylic oxidation sites excluding steroid dienone is 1. The molecule has 1 fully saturated rings. The Balaban J connectivity index is 1.40. The Hall–Kier alpha value is -3.36. The summed E-state index contributed by atoms with van der Waals surface area (Å²) in [4.78, 5) is 52.3. The first-order valence-corrected chi connectivity index (χ1v) is 12.4. The molecule has 9 heteroatoms. The lowest BCUT2D eigenvalue weighted by Crippen LogP contribution is -2.43. The van der Waals surface area contributed by atoms with Crippen molar-refractivity contribution in [2.24, 2.45) is 5.92 Å². The highest BCUT2D eigenvalue weighted by atomic mass is 16.5. The van der Waals surface area contributed by atoms with Gasteiger partial charge in [-0.05, 0) is 55.7 Å². The fourth-order valence-corrected chi connectivity index (χ4v) is 4.65. The first-order chi connectivity index (χ1) is 16.8. The molecular weight excluding hydrogens is 450 g/mol. The first kappa shape index (κ1) is 24.8. The minimum Gasteiger partial charge on any atom is -0.490 e. The molecular formula is C26H33N3O6. The number of hydrogen-bond acceptors (Lipinski definition) is 6. The van der Waals surface area contributed by atoms with E-state index in [-0.39, 0.29) is 18.5 Å². The van der Waals surface area contributed by atoms with E-state index in [2.05, 4.69) is 11.4 Å². The number of hydrogen-bond donors (Lipinski definition) is 1. The molecule has 5 amide bonds. The van der Waals surface area contributed by atoms with Crippen LogP contribution in [0.1, 0.15) is 64.0 Å². The molecule has 35 heavy (non-hydrogen) atoms. The summed E-state index contributed by atoms with van der Waals surface area (Å²) in [6, 6.07) is 4.43. The molecule has 3 aliphatic rings. The second-order valence-corrected chi connectivity index (χ2v) is 9.53. The van der Waals surface area contributed by atoms with Gasteiger partial charge in [-0.2, -0.15) is 0 Å². The van der Waals surface area contributed by atoms with Gasteiger partial charge < -0.3 is 14.8 Å². The molecule has 0 radical (unpaired) electrons. The molecule has 2 aliphatic heterocycles. The van der Waals surface area contributed by atoms with Gasteiger partial charge in [0.05, 0.1) is 19.3 Å². The van der Waals surface area contributed by atoms with Crippen LogP contribution in [0.4, 0.5) is 4.79 Å². The number of ether oxygens (including phenoxy) is 2. The highest BCUT2D eigenvalue weighted by Gasteiger charge is 2.45. The molecule has 0 bridgehead atoms. The van der Waals surface area contributed by atoms with Crippen molar-refractivity contribution in [3.63, 3.8) is 0 Å². The van der Waals surface area contributed by atoms with Crippen LogP contribution in [0.3, 0.4) is 0 Å². The van der Waals surface area contributed by atoms with Gasteiger partial charge in [-0.3, -0.25) is 19.3 Å². The normalized spacial score (nSPS) is 19.1. The van der Waals surface area contributed by atoms with E-state index in [0.29, 0.717) is 31.1 Å². The van der Waals surface area contributed by atoms with Crippen molar-refractivity contribution < 1.29 is 28.7 Å². The number of benzene rings is 1. The summed E-state index contributed by atoms with van der Waals surface area (Å²) in [5.74, 6) is -1.03. The second kappa shape index (κ2) is 10.9. The largest absolute Gasteiger partial charge is 0.490 e. The van der Waals surface area contributed by atoms with Crippen LogP contribution in [0.15, 0.2) is 29.8 Å². The van der Waals surface area contributed by atoms with Crippen LogP contribution in [-0.2, 0) is 14.4 Å². The third-order valence-corrected chi connectivity index (χ3v) is 6.59. The lowest BCUT2D eigenvalue weighted by molar-refractivity contribution is -0.144. The number of amides is 5. The van der Waals surface area contributed by atoms with E-state index in [0.717, 1.165) is 47.5 Å². The summed E-state index contributed by atoms with van der Waals surface area (Å²) in [5.41, 5.74) is 2.03. The van der Waals surface area contributed by atoms with Crippen LogP contribution in [0.5, 0.6) is 11.5 Å². The molecule has 2 heterocycles. The van der Waals surface area contributed by atoms with Crippen LogP contribution in [-0.4, -0.2) is 59.9 Å². The van der Waals surface area contributed by atoms with Gasteiger partial charge in [0.15, 0.2) is 11.5 Å². The van der Waals surface area contributed by atoms with Crippen molar-refractivity contribution in [3.05, 3.63) is 35.4 Å². The maximum atomic E-state index is 12.9. The minimum atomic E-state index is -0.959. The van der Waals surface area contributed by atoms with Crippen molar-refractivity contribution >= 4 is 23.8 Å². The maximum absolute atomic E-state index is 12.9. The van der Waals surface area contributed by atoms with E-state index >= 15 is 0 Å². The Morgan fingerprint density at radius 2 is 1.74 bits per heavy atom. The predicted octanol–water partition coefficient (Wildman–Crippen LogP) is 3.34. The molecule has 1 aliphatic carbocycles. The summed E-state index contributed by atoms with van der Waals surface area (Å²) in [5, 5.41) is 2.92. The van der Waals surface area contributed by atoms with Crippen molar-refractivity contribution in [3.8, 4) is 11.5 Å². The van der Waals surface area contributed by atoms with Gasteiger partial charge >= 0.3 is 17.8 Å². The molecule has 1 saturated heterocycles.